The highest BCUT2D eigenvalue weighted by molar-refractivity contribution is 5.98. The number of benzene rings is 1. The number of urea groups is 1. The maximum Gasteiger partial charge on any atom is 0.319 e. The zero-order chi connectivity index (χ0) is 20.2. The quantitative estimate of drug-likeness (QED) is 0.538. The lowest BCUT2D eigenvalue weighted by Crippen LogP contribution is -2.46. The summed E-state index contributed by atoms with van der Waals surface area (Å²) in [5, 5.41) is 15.5. The van der Waals surface area contributed by atoms with Crippen molar-refractivity contribution in [3.63, 3.8) is 0 Å². The molecule has 2 aromatic heterocycles. The summed E-state index contributed by atoms with van der Waals surface area (Å²) in [4.78, 5) is 29.1. The molecule has 0 saturated carbocycles. The van der Waals surface area contributed by atoms with Crippen molar-refractivity contribution >= 4 is 11.9 Å². The number of hydrogen-bond donors (Lipinski definition) is 4. The minimum absolute atomic E-state index is 0.274. The van der Waals surface area contributed by atoms with Gasteiger partial charge in [-0.25, -0.2) is 4.79 Å². The molecule has 146 valence electrons. The predicted molar refractivity (Wildman–Crippen MR) is 107 cm³/mol. The fourth-order valence-electron chi connectivity index (χ4n) is 3.36. The SMILES string of the molecule is CC1=C(C(=O)NCc2cn[nH]c2-c2ccccc2)C(c2cccnc2)NC(=O)N1. The number of amides is 3. The number of hydrogen-bond acceptors (Lipinski definition) is 4. The molecular weight excluding hydrogens is 368 g/mol. The van der Waals surface area contributed by atoms with Gasteiger partial charge in [-0.2, -0.15) is 5.10 Å². The molecule has 4 rings (SSSR count). The van der Waals surface area contributed by atoms with Gasteiger partial charge in [0.05, 0.1) is 23.5 Å². The molecule has 8 heteroatoms. The van der Waals surface area contributed by atoms with Crippen molar-refractivity contribution in [1.29, 1.82) is 0 Å². The van der Waals surface area contributed by atoms with E-state index in [0.29, 0.717) is 17.8 Å². The van der Waals surface area contributed by atoms with Crippen LogP contribution in [-0.4, -0.2) is 27.1 Å². The van der Waals surface area contributed by atoms with Crippen molar-refractivity contribution in [3.05, 3.63) is 83.5 Å². The molecule has 0 bridgehead atoms. The number of allylic oxidation sites excluding steroid dienone is 1. The summed E-state index contributed by atoms with van der Waals surface area (Å²) in [7, 11) is 0. The highest BCUT2D eigenvalue weighted by atomic mass is 16.2. The molecule has 4 N–H and O–H groups in total. The predicted octanol–water partition coefficient (Wildman–Crippen LogP) is 2.42. The lowest BCUT2D eigenvalue weighted by atomic mass is 9.96. The van der Waals surface area contributed by atoms with Crippen molar-refractivity contribution in [2.75, 3.05) is 0 Å². The highest BCUT2D eigenvalue weighted by Crippen LogP contribution is 2.26. The van der Waals surface area contributed by atoms with E-state index in [1.165, 1.54) is 0 Å². The van der Waals surface area contributed by atoms with Gasteiger partial charge in [-0.1, -0.05) is 36.4 Å². The van der Waals surface area contributed by atoms with Crippen LogP contribution >= 0.6 is 0 Å². The van der Waals surface area contributed by atoms with Gasteiger partial charge in [-0.15, -0.1) is 0 Å². The van der Waals surface area contributed by atoms with E-state index in [1.54, 1.807) is 31.6 Å². The van der Waals surface area contributed by atoms with Crippen LogP contribution in [0.4, 0.5) is 4.79 Å². The second-order valence-electron chi connectivity index (χ2n) is 6.68. The Labute approximate surface area is 167 Å². The normalized spacial score (nSPS) is 16.2. The molecule has 1 aliphatic heterocycles. The van der Waals surface area contributed by atoms with Crippen LogP contribution < -0.4 is 16.0 Å². The number of aromatic amines is 1. The second-order valence-corrected chi connectivity index (χ2v) is 6.68. The fraction of sp³-hybridized carbons (Fsp3) is 0.143. The number of pyridine rings is 1. The number of nitrogens with one attached hydrogen (secondary N) is 4. The Bertz CT molecular complexity index is 1060. The first-order valence-electron chi connectivity index (χ1n) is 9.17. The van der Waals surface area contributed by atoms with Crippen LogP contribution in [0.5, 0.6) is 0 Å². The van der Waals surface area contributed by atoms with E-state index >= 15 is 0 Å². The van der Waals surface area contributed by atoms with Gasteiger partial charge in [0.15, 0.2) is 0 Å². The number of nitrogens with zero attached hydrogens (tertiary/aromatic N) is 2. The maximum absolute atomic E-state index is 13.0. The molecule has 0 saturated heterocycles. The third kappa shape index (κ3) is 3.86. The third-order valence-electron chi connectivity index (χ3n) is 4.75. The van der Waals surface area contributed by atoms with Gasteiger partial charge >= 0.3 is 6.03 Å². The summed E-state index contributed by atoms with van der Waals surface area (Å²) in [6.07, 6.45) is 4.98. The molecule has 3 amide bonds. The van der Waals surface area contributed by atoms with Crippen molar-refractivity contribution in [1.82, 2.24) is 31.1 Å². The average molecular weight is 388 g/mol. The van der Waals surface area contributed by atoms with Crippen LogP contribution in [0, 0.1) is 0 Å². The van der Waals surface area contributed by atoms with Crippen LogP contribution in [0.1, 0.15) is 24.1 Å². The Balaban J connectivity index is 1.56. The molecule has 29 heavy (non-hydrogen) atoms. The maximum atomic E-state index is 13.0. The Morgan fingerprint density at radius 3 is 2.72 bits per heavy atom. The molecular formula is C21H20N6O2. The molecule has 1 aromatic carbocycles. The summed E-state index contributed by atoms with van der Waals surface area (Å²) >= 11 is 0. The largest absolute Gasteiger partial charge is 0.348 e. The molecule has 1 atom stereocenters. The third-order valence-corrected chi connectivity index (χ3v) is 4.75. The van der Waals surface area contributed by atoms with Gasteiger partial charge in [-0.3, -0.25) is 14.9 Å². The lowest BCUT2D eigenvalue weighted by molar-refractivity contribution is -0.118. The number of H-pyrrole nitrogens is 1. The highest BCUT2D eigenvalue weighted by Gasteiger charge is 2.31. The minimum atomic E-state index is -0.574. The molecule has 0 aliphatic carbocycles. The topological polar surface area (TPSA) is 112 Å². The summed E-state index contributed by atoms with van der Waals surface area (Å²) in [6.45, 7) is 2.01. The molecule has 0 radical (unpaired) electrons. The molecule has 1 unspecified atom stereocenters. The van der Waals surface area contributed by atoms with E-state index in [-0.39, 0.29) is 11.9 Å². The Hall–Kier alpha value is -3.94. The molecule has 1 aliphatic rings. The van der Waals surface area contributed by atoms with Crippen LogP contribution in [-0.2, 0) is 11.3 Å². The first kappa shape index (κ1) is 18.4. The van der Waals surface area contributed by atoms with E-state index in [0.717, 1.165) is 22.4 Å². The Morgan fingerprint density at radius 1 is 1.14 bits per heavy atom. The molecule has 8 nitrogen and oxygen atoms in total. The number of carbonyl (C=O) groups excluding carboxylic acids is 2. The Kier molecular flexibility index (Phi) is 5.07. The zero-order valence-corrected chi connectivity index (χ0v) is 15.8. The second kappa shape index (κ2) is 7.97. The van der Waals surface area contributed by atoms with Crippen LogP contribution in [0.3, 0.4) is 0 Å². The van der Waals surface area contributed by atoms with E-state index in [1.807, 2.05) is 36.4 Å². The van der Waals surface area contributed by atoms with E-state index in [4.69, 9.17) is 0 Å². The first-order chi connectivity index (χ1) is 14.1. The van der Waals surface area contributed by atoms with Gasteiger partial charge < -0.3 is 16.0 Å². The summed E-state index contributed by atoms with van der Waals surface area (Å²) in [5.41, 5.74) is 4.41. The van der Waals surface area contributed by atoms with Crippen molar-refractivity contribution in [2.24, 2.45) is 0 Å². The number of aromatic nitrogens is 3. The average Bonchev–Trinajstić information content (AvgIpc) is 3.21. The van der Waals surface area contributed by atoms with Gasteiger partial charge in [0.2, 0.25) is 0 Å². The number of carbonyl (C=O) groups is 2. The van der Waals surface area contributed by atoms with Crippen molar-refractivity contribution < 1.29 is 9.59 Å². The first-order valence-corrected chi connectivity index (χ1v) is 9.17. The smallest absolute Gasteiger partial charge is 0.319 e. The van der Waals surface area contributed by atoms with Crippen molar-refractivity contribution in [3.8, 4) is 11.3 Å². The molecule has 3 heterocycles. The summed E-state index contributed by atoms with van der Waals surface area (Å²) < 4.78 is 0. The minimum Gasteiger partial charge on any atom is -0.348 e. The van der Waals surface area contributed by atoms with Crippen LogP contribution in [0.25, 0.3) is 11.3 Å². The van der Waals surface area contributed by atoms with Gasteiger partial charge in [0.1, 0.15) is 0 Å². The van der Waals surface area contributed by atoms with Gasteiger partial charge in [0, 0.05) is 30.2 Å². The monoisotopic (exact) mass is 388 g/mol. The van der Waals surface area contributed by atoms with Crippen LogP contribution in [0.2, 0.25) is 0 Å². The lowest BCUT2D eigenvalue weighted by Gasteiger charge is -2.28. The van der Waals surface area contributed by atoms with E-state index in [9.17, 15) is 9.59 Å². The van der Waals surface area contributed by atoms with Crippen molar-refractivity contribution in [2.45, 2.75) is 19.5 Å². The van der Waals surface area contributed by atoms with E-state index < -0.39 is 6.04 Å². The summed E-state index contributed by atoms with van der Waals surface area (Å²) in [6, 6.07) is 12.5. The molecule has 0 fully saturated rings. The fourth-order valence-corrected chi connectivity index (χ4v) is 3.36. The van der Waals surface area contributed by atoms with E-state index in [2.05, 4.69) is 31.1 Å². The molecule has 3 aromatic rings. The Morgan fingerprint density at radius 2 is 1.97 bits per heavy atom. The standard InChI is InChI=1S/C21H20N6O2/c1-13-17(19(26-21(29)25-13)15-8-5-9-22-10-15)20(28)23-11-16-12-24-27-18(16)14-6-3-2-4-7-14/h2-10,12,19H,11H2,1H3,(H,23,28)(H,24,27)(H2,25,26,29). The number of rotatable bonds is 5. The molecule has 0 spiro atoms. The van der Waals surface area contributed by atoms with Gasteiger partial charge in [-0.05, 0) is 24.1 Å². The summed E-state index contributed by atoms with van der Waals surface area (Å²) in [5.74, 6) is -0.274. The van der Waals surface area contributed by atoms with Crippen LogP contribution in [0.15, 0.2) is 72.3 Å². The van der Waals surface area contributed by atoms with Gasteiger partial charge in [0.25, 0.3) is 5.91 Å². The zero-order valence-electron chi connectivity index (χ0n) is 15.8.